The molecule has 0 saturated heterocycles. The van der Waals surface area contributed by atoms with E-state index in [2.05, 4.69) is 0 Å². The largest absolute Gasteiger partial charge is 0.751 e. The van der Waals surface area contributed by atoms with E-state index in [9.17, 15) is 32.0 Å². The van der Waals surface area contributed by atoms with Gasteiger partial charge in [0.2, 0.25) is 0 Å². The molecule has 10 heteroatoms. The molecule has 11 heavy (non-hydrogen) atoms. The van der Waals surface area contributed by atoms with Gasteiger partial charge in [0.25, 0.3) is 0 Å². The average molecular weight is 193 g/mol. The van der Waals surface area contributed by atoms with E-state index in [0.29, 0.717) is 0 Å². The van der Waals surface area contributed by atoms with Crippen LogP contribution in [-0.4, -0.2) is 24.5 Å². The maximum Gasteiger partial charge on any atom is 0.548 e. The van der Waals surface area contributed by atoms with Gasteiger partial charge >= 0.3 is 6.30 Å². The Labute approximate surface area is 60.1 Å². The average Bonchev–Trinajstić information content (AvgIpc) is 1.54. The van der Waals surface area contributed by atoms with Crippen molar-refractivity contribution in [3.8, 4) is 0 Å². The van der Waals surface area contributed by atoms with E-state index in [1.165, 1.54) is 0 Å². The van der Waals surface area contributed by atoms with Crippen molar-refractivity contribution in [2.75, 3.05) is 0 Å². The van der Waals surface area contributed by atoms with E-state index in [4.69, 9.17) is 0 Å². The summed E-state index contributed by atoms with van der Waals surface area (Å²) in [5, 5.41) is 7.33. The maximum absolute atomic E-state index is 11.3. The fourth-order valence-corrected chi connectivity index (χ4v) is 0.509. The fourth-order valence-electron chi connectivity index (χ4n) is 0.232. The van der Waals surface area contributed by atoms with Gasteiger partial charge in [-0.25, -0.2) is 14.3 Å². The predicted octanol–water partition coefficient (Wildman–Crippen LogP) is -0.206. The summed E-state index contributed by atoms with van der Waals surface area (Å²) in [4.78, 5) is 9.41. The molecule has 66 valence electrons. The van der Waals surface area contributed by atoms with Crippen LogP contribution in [-0.2, 0) is 11.3 Å². The van der Waals surface area contributed by atoms with E-state index in [1.54, 1.807) is 0 Å². The summed E-state index contributed by atoms with van der Waals surface area (Å²) in [6, 6.07) is 0. The predicted molar refractivity (Wildman–Crippen MR) is 23.8 cm³/mol. The molecule has 1 atom stereocenters. The van der Waals surface area contributed by atoms with Crippen LogP contribution in [0.15, 0.2) is 0 Å². The second-order valence-electron chi connectivity index (χ2n) is 1.20. The molecular weight excluding hydrogens is 193 g/mol. The Bertz CT molecular complexity index is 176. The van der Waals surface area contributed by atoms with Crippen LogP contribution in [0.5, 0.6) is 0 Å². The molecule has 6 nitrogen and oxygen atoms in total. The van der Waals surface area contributed by atoms with E-state index in [0.717, 1.165) is 0 Å². The third kappa shape index (κ3) is 2.67. The first-order valence-corrected chi connectivity index (χ1v) is 2.90. The monoisotopic (exact) mass is 193 g/mol. The number of rotatable bonds is 2. The lowest BCUT2D eigenvalue weighted by molar-refractivity contribution is -0.671. The minimum Gasteiger partial charge on any atom is -0.751 e. The minimum atomic E-state index is -5.52. The van der Waals surface area contributed by atoms with Gasteiger partial charge in [-0.05, 0) is 0 Å². The zero-order chi connectivity index (χ0) is 9.23. The van der Waals surface area contributed by atoms with Gasteiger partial charge in [-0.2, -0.15) is 0 Å². The Balaban J connectivity index is 4.63. The summed E-state index contributed by atoms with van der Waals surface area (Å²) >= 11 is -3.94. The lowest BCUT2D eigenvalue weighted by Gasteiger charge is -2.16. The second-order valence-corrected chi connectivity index (χ2v) is 1.98. The van der Waals surface area contributed by atoms with Gasteiger partial charge in [-0.15, -0.1) is 13.2 Å². The molecule has 0 N–H and O–H groups in total. The molecule has 0 rings (SSSR count). The smallest absolute Gasteiger partial charge is 0.548 e. The Morgan fingerprint density at radius 3 is 1.82 bits per heavy atom. The highest BCUT2D eigenvalue weighted by Crippen LogP contribution is 2.21. The zero-order valence-corrected chi connectivity index (χ0v) is 5.39. The molecular formula is CF3N2O4S-. The molecule has 0 radical (unpaired) electrons. The van der Waals surface area contributed by atoms with Crippen LogP contribution < -0.4 is 0 Å². The summed E-state index contributed by atoms with van der Waals surface area (Å²) < 4.78 is 51.2. The van der Waals surface area contributed by atoms with Gasteiger partial charge in [0.15, 0.2) is 5.03 Å². The number of hydrazine groups is 1. The Kier molecular flexibility index (Phi) is 2.76. The van der Waals surface area contributed by atoms with Crippen molar-refractivity contribution in [3.05, 3.63) is 10.1 Å². The topological polar surface area (TPSA) is 86.5 Å². The lowest BCUT2D eigenvalue weighted by Crippen LogP contribution is -2.43. The molecule has 0 bridgehead atoms. The van der Waals surface area contributed by atoms with Crippen LogP contribution in [0.2, 0.25) is 0 Å². The number of halogens is 3. The highest BCUT2D eigenvalue weighted by Gasteiger charge is 2.47. The Hall–Kier alpha value is -0.900. The van der Waals surface area contributed by atoms with E-state index < -0.39 is 27.0 Å². The first-order chi connectivity index (χ1) is 4.76. The number of nitro groups is 1. The minimum absolute atomic E-state index is 1.84. The third-order valence-corrected chi connectivity index (χ3v) is 1.13. The first-order valence-electron chi connectivity index (χ1n) is 1.87. The molecule has 0 aliphatic heterocycles. The molecule has 0 heterocycles. The first kappa shape index (κ1) is 10.1. The molecule has 1 unspecified atom stereocenters. The van der Waals surface area contributed by atoms with Crippen LogP contribution in [0.4, 0.5) is 13.2 Å². The lowest BCUT2D eigenvalue weighted by atomic mass is 11.2. The van der Waals surface area contributed by atoms with Crippen LogP contribution in [0, 0.1) is 10.1 Å². The normalized spacial score (nSPS) is 14.2. The number of hydrogen-bond donors (Lipinski definition) is 0. The number of alkyl halides is 3. The van der Waals surface area contributed by atoms with Crippen LogP contribution in [0.1, 0.15) is 0 Å². The second kappa shape index (κ2) is 3.00. The molecule has 0 aliphatic rings. The molecule has 0 aromatic carbocycles. The van der Waals surface area contributed by atoms with Gasteiger partial charge < -0.3 is 4.55 Å². The Morgan fingerprint density at radius 2 is 1.82 bits per heavy atom. The van der Waals surface area contributed by atoms with E-state index >= 15 is 0 Å². The van der Waals surface area contributed by atoms with Crippen LogP contribution in [0.3, 0.4) is 0 Å². The molecule has 0 aliphatic carbocycles. The summed E-state index contributed by atoms with van der Waals surface area (Å²) in [7, 11) is 0. The van der Waals surface area contributed by atoms with Gasteiger partial charge in [0.05, 0.1) is 4.41 Å². The van der Waals surface area contributed by atoms with Crippen LogP contribution >= 0.6 is 0 Å². The fraction of sp³-hybridized carbons (Fsp3) is 1.00. The van der Waals surface area contributed by atoms with Crippen molar-refractivity contribution in [1.29, 1.82) is 0 Å². The van der Waals surface area contributed by atoms with E-state index in [-0.39, 0.29) is 0 Å². The molecule has 0 amide bonds. The Morgan fingerprint density at radius 1 is 1.45 bits per heavy atom. The highest BCUT2D eigenvalue weighted by atomic mass is 32.2. The van der Waals surface area contributed by atoms with Crippen molar-refractivity contribution >= 4 is 11.3 Å². The van der Waals surface area contributed by atoms with E-state index in [1.807, 2.05) is 0 Å². The van der Waals surface area contributed by atoms with Crippen molar-refractivity contribution in [2.45, 2.75) is 6.30 Å². The standard InChI is InChI=1S/CHF3N2O4S/c2-1(3,4)5(6(7)8)11(9)10/h(H,9,10)/p-1. The maximum atomic E-state index is 11.3. The summed E-state index contributed by atoms with van der Waals surface area (Å²) in [6.07, 6.45) is -5.52. The van der Waals surface area contributed by atoms with Gasteiger partial charge in [-0.3, -0.25) is 0 Å². The molecule has 0 aromatic heterocycles. The van der Waals surface area contributed by atoms with Crippen LogP contribution in [0.25, 0.3) is 0 Å². The molecule has 0 aromatic rings. The summed E-state index contributed by atoms with van der Waals surface area (Å²) in [6.45, 7) is 0. The van der Waals surface area contributed by atoms with Gasteiger partial charge in [0, 0.05) is 0 Å². The van der Waals surface area contributed by atoms with Gasteiger partial charge in [-0.1, -0.05) is 0 Å². The molecule has 0 fully saturated rings. The van der Waals surface area contributed by atoms with Crippen molar-refractivity contribution < 1.29 is 27.0 Å². The number of hydrogen-bond acceptors (Lipinski definition) is 4. The molecule has 0 saturated carbocycles. The van der Waals surface area contributed by atoms with Crippen molar-refractivity contribution in [2.24, 2.45) is 0 Å². The third-order valence-electron chi connectivity index (χ3n) is 0.506. The quantitative estimate of drug-likeness (QED) is 0.263. The molecule has 0 spiro atoms. The van der Waals surface area contributed by atoms with Crippen molar-refractivity contribution in [3.63, 3.8) is 0 Å². The number of nitrogens with zero attached hydrogens (tertiary/aromatic N) is 2. The highest BCUT2D eigenvalue weighted by molar-refractivity contribution is 7.76. The van der Waals surface area contributed by atoms with Crippen molar-refractivity contribution in [1.82, 2.24) is 4.41 Å². The summed E-state index contributed by atoms with van der Waals surface area (Å²) in [5.41, 5.74) is 0. The zero-order valence-electron chi connectivity index (χ0n) is 4.57. The summed E-state index contributed by atoms with van der Waals surface area (Å²) in [5.74, 6) is 0. The van der Waals surface area contributed by atoms with Gasteiger partial charge in [0.1, 0.15) is 11.3 Å². The SMILES string of the molecule is O=[N+]([O-])N(S(=O)[O-])C(F)(F)F.